The highest BCUT2D eigenvalue weighted by atomic mass is 16.5. The molecule has 0 spiro atoms. The molecule has 0 radical (unpaired) electrons. The van der Waals surface area contributed by atoms with Gasteiger partial charge in [0, 0.05) is 26.0 Å². The SMILES string of the molecule is CCOCCCNC(=O)C(C)n1ccc(C)n1. The second-order valence-corrected chi connectivity index (χ2v) is 3.95. The molecular formula is C12H21N3O2. The molecule has 0 bridgehead atoms. The van der Waals surface area contributed by atoms with Crippen molar-refractivity contribution in [2.75, 3.05) is 19.8 Å². The van der Waals surface area contributed by atoms with Crippen LogP contribution in [0.5, 0.6) is 0 Å². The van der Waals surface area contributed by atoms with E-state index in [1.54, 1.807) is 4.68 Å². The highest BCUT2D eigenvalue weighted by Crippen LogP contribution is 2.05. The lowest BCUT2D eigenvalue weighted by Crippen LogP contribution is -2.32. The zero-order chi connectivity index (χ0) is 12.7. The smallest absolute Gasteiger partial charge is 0.244 e. The van der Waals surface area contributed by atoms with E-state index in [0.29, 0.717) is 13.2 Å². The van der Waals surface area contributed by atoms with Gasteiger partial charge in [0.05, 0.1) is 5.69 Å². The fourth-order valence-corrected chi connectivity index (χ4v) is 1.45. The third-order valence-corrected chi connectivity index (χ3v) is 2.49. The molecule has 96 valence electrons. The van der Waals surface area contributed by atoms with Crippen molar-refractivity contribution >= 4 is 5.91 Å². The van der Waals surface area contributed by atoms with E-state index in [0.717, 1.165) is 18.7 Å². The first-order chi connectivity index (χ1) is 8.15. The zero-order valence-corrected chi connectivity index (χ0v) is 10.8. The van der Waals surface area contributed by atoms with Gasteiger partial charge in [0.25, 0.3) is 0 Å². The topological polar surface area (TPSA) is 56.1 Å². The molecular weight excluding hydrogens is 218 g/mol. The maximum atomic E-state index is 11.8. The molecule has 1 atom stereocenters. The number of nitrogens with one attached hydrogen (secondary N) is 1. The van der Waals surface area contributed by atoms with Crippen molar-refractivity contribution in [3.63, 3.8) is 0 Å². The van der Waals surface area contributed by atoms with Gasteiger partial charge in [-0.3, -0.25) is 9.48 Å². The minimum absolute atomic E-state index is 0.00963. The minimum atomic E-state index is -0.268. The van der Waals surface area contributed by atoms with E-state index in [2.05, 4.69) is 10.4 Å². The van der Waals surface area contributed by atoms with Crippen LogP contribution in [-0.2, 0) is 9.53 Å². The molecule has 1 unspecified atom stereocenters. The van der Waals surface area contributed by atoms with E-state index in [1.807, 2.05) is 33.0 Å². The van der Waals surface area contributed by atoms with Crippen molar-refractivity contribution in [2.45, 2.75) is 33.2 Å². The van der Waals surface area contributed by atoms with E-state index >= 15 is 0 Å². The number of aryl methyl sites for hydroxylation is 1. The summed E-state index contributed by atoms with van der Waals surface area (Å²) < 4.78 is 6.87. The predicted octanol–water partition coefficient (Wildman–Crippen LogP) is 1.30. The quantitative estimate of drug-likeness (QED) is 0.730. The Morgan fingerprint density at radius 1 is 1.65 bits per heavy atom. The van der Waals surface area contributed by atoms with Crippen LogP contribution in [0.1, 0.15) is 32.0 Å². The highest BCUT2D eigenvalue weighted by molar-refractivity contribution is 5.79. The zero-order valence-electron chi connectivity index (χ0n) is 10.8. The van der Waals surface area contributed by atoms with E-state index in [4.69, 9.17) is 4.74 Å². The van der Waals surface area contributed by atoms with Crippen molar-refractivity contribution < 1.29 is 9.53 Å². The van der Waals surface area contributed by atoms with Crippen LogP contribution in [0.4, 0.5) is 0 Å². The van der Waals surface area contributed by atoms with Crippen molar-refractivity contribution in [3.8, 4) is 0 Å². The van der Waals surface area contributed by atoms with Crippen LogP contribution in [0.2, 0.25) is 0 Å². The Labute approximate surface area is 102 Å². The Morgan fingerprint density at radius 3 is 3.00 bits per heavy atom. The van der Waals surface area contributed by atoms with Crippen molar-refractivity contribution in [2.24, 2.45) is 0 Å². The van der Waals surface area contributed by atoms with Crippen LogP contribution in [0.3, 0.4) is 0 Å². The first-order valence-electron chi connectivity index (χ1n) is 6.02. The Hall–Kier alpha value is -1.36. The molecule has 0 saturated carbocycles. The van der Waals surface area contributed by atoms with Crippen LogP contribution in [0.25, 0.3) is 0 Å². The van der Waals surface area contributed by atoms with Crippen LogP contribution >= 0.6 is 0 Å². The number of amides is 1. The van der Waals surface area contributed by atoms with E-state index < -0.39 is 0 Å². The Bertz CT molecular complexity index is 349. The lowest BCUT2D eigenvalue weighted by molar-refractivity contribution is -0.124. The number of nitrogens with zero attached hydrogens (tertiary/aromatic N) is 2. The third-order valence-electron chi connectivity index (χ3n) is 2.49. The predicted molar refractivity (Wildman–Crippen MR) is 65.8 cm³/mol. The van der Waals surface area contributed by atoms with Gasteiger partial charge in [0.15, 0.2) is 0 Å². The summed E-state index contributed by atoms with van der Waals surface area (Å²) in [6, 6.07) is 1.62. The molecule has 1 N–H and O–H groups in total. The van der Waals surface area contributed by atoms with Crippen LogP contribution in [-0.4, -0.2) is 35.4 Å². The maximum absolute atomic E-state index is 11.8. The van der Waals surface area contributed by atoms with E-state index in [-0.39, 0.29) is 11.9 Å². The standard InChI is InChI=1S/C12H21N3O2/c1-4-17-9-5-7-13-12(16)11(3)15-8-6-10(2)14-15/h6,8,11H,4-5,7,9H2,1-3H3,(H,13,16). The van der Waals surface area contributed by atoms with Gasteiger partial charge in [-0.15, -0.1) is 0 Å². The Kier molecular flexibility index (Phi) is 5.69. The largest absolute Gasteiger partial charge is 0.382 e. The maximum Gasteiger partial charge on any atom is 0.244 e. The van der Waals surface area contributed by atoms with Crippen molar-refractivity contribution in [1.82, 2.24) is 15.1 Å². The molecule has 0 aliphatic carbocycles. The molecule has 1 heterocycles. The molecule has 1 amide bonds. The fourth-order valence-electron chi connectivity index (χ4n) is 1.45. The number of hydrogen-bond donors (Lipinski definition) is 1. The molecule has 0 aromatic carbocycles. The van der Waals surface area contributed by atoms with Gasteiger partial charge < -0.3 is 10.1 Å². The molecule has 1 rings (SSSR count). The number of rotatable bonds is 7. The molecule has 0 aliphatic heterocycles. The number of carbonyl (C=O) groups excluding carboxylic acids is 1. The third kappa shape index (κ3) is 4.56. The molecule has 0 aliphatic rings. The number of ether oxygens (including phenoxy) is 1. The number of hydrogen-bond acceptors (Lipinski definition) is 3. The summed E-state index contributed by atoms with van der Waals surface area (Å²) in [4.78, 5) is 11.8. The summed E-state index contributed by atoms with van der Waals surface area (Å²) in [7, 11) is 0. The summed E-state index contributed by atoms with van der Waals surface area (Å²) in [5.74, 6) is -0.00963. The minimum Gasteiger partial charge on any atom is -0.382 e. The molecule has 0 saturated heterocycles. The second kappa shape index (κ2) is 7.06. The highest BCUT2D eigenvalue weighted by Gasteiger charge is 2.14. The molecule has 1 aromatic heterocycles. The van der Waals surface area contributed by atoms with Crippen LogP contribution in [0, 0.1) is 6.92 Å². The number of carbonyl (C=O) groups is 1. The first kappa shape index (κ1) is 13.7. The molecule has 5 nitrogen and oxygen atoms in total. The van der Waals surface area contributed by atoms with Crippen LogP contribution in [0.15, 0.2) is 12.3 Å². The fraction of sp³-hybridized carbons (Fsp3) is 0.667. The lowest BCUT2D eigenvalue weighted by atomic mass is 10.3. The van der Waals surface area contributed by atoms with E-state index in [1.165, 1.54) is 0 Å². The molecule has 0 fully saturated rings. The monoisotopic (exact) mass is 239 g/mol. The van der Waals surface area contributed by atoms with Crippen LogP contribution < -0.4 is 5.32 Å². The Morgan fingerprint density at radius 2 is 2.41 bits per heavy atom. The van der Waals surface area contributed by atoms with Gasteiger partial charge in [-0.25, -0.2) is 0 Å². The van der Waals surface area contributed by atoms with E-state index in [9.17, 15) is 4.79 Å². The van der Waals surface area contributed by atoms with Gasteiger partial charge in [0.1, 0.15) is 6.04 Å². The van der Waals surface area contributed by atoms with Crippen molar-refractivity contribution in [3.05, 3.63) is 18.0 Å². The summed E-state index contributed by atoms with van der Waals surface area (Å²) >= 11 is 0. The summed E-state index contributed by atoms with van der Waals surface area (Å²) in [5.41, 5.74) is 0.918. The second-order valence-electron chi connectivity index (χ2n) is 3.95. The molecule has 5 heteroatoms. The van der Waals surface area contributed by atoms with Gasteiger partial charge in [-0.05, 0) is 33.3 Å². The lowest BCUT2D eigenvalue weighted by Gasteiger charge is -2.12. The molecule has 17 heavy (non-hydrogen) atoms. The average molecular weight is 239 g/mol. The first-order valence-corrected chi connectivity index (χ1v) is 6.02. The van der Waals surface area contributed by atoms with Crippen molar-refractivity contribution in [1.29, 1.82) is 0 Å². The van der Waals surface area contributed by atoms with Gasteiger partial charge in [-0.2, -0.15) is 5.10 Å². The normalized spacial score (nSPS) is 12.4. The van der Waals surface area contributed by atoms with Gasteiger partial charge >= 0.3 is 0 Å². The van der Waals surface area contributed by atoms with Gasteiger partial charge in [0.2, 0.25) is 5.91 Å². The summed E-state index contributed by atoms with van der Waals surface area (Å²) in [6.07, 6.45) is 2.66. The molecule has 1 aromatic rings. The average Bonchev–Trinajstić information content (AvgIpc) is 2.74. The van der Waals surface area contributed by atoms with Gasteiger partial charge in [-0.1, -0.05) is 0 Å². The summed E-state index contributed by atoms with van der Waals surface area (Å²) in [6.45, 7) is 7.75. The summed E-state index contributed by atoms with van der Waals surface area (Å²) in [5, 5.41) is 7.09. The number of aromatic nitrogens is 2. The Balaban J connectivity index is 2.28.